The molecule has 0 atom stereocenters. The van der Waals surface area contributed by atoms with Gasteiger partial charge in [-0.2, -0.15) is 4.68 Å². The van der Waals surface area contributed by atoms with E-state index in [1.807, 2.05) is 0 Å². The molecule has 0 aliphatic carbocycles. The second-order valence-corrected chi connectivity index (χ2v) is 6.30. The summed E-state index contributed by atoms with van der Waals surface area (Å²) in [5.74, 6) is -0.993. The van der Waals surface area contributed by atoms with Gasteiger partial charge in [-0.05, 0) is 48.9 Å². The Balaban J connectivity index is 2.16. The number of aromatic amines is 1. The number of aromatic nitrogens is 3. The number of hydrogen-bond acceptors (Lipinski definition) is 4. The van der Waals surface area contributed by atoms with Crippen LogP contribution in [0.25, 0.3) is 27.5 Å². The molecule has 2 heterocycles. The third kappa shape index (κ3) is 2.36. The Kier molecular flexibility index (Phi) is 3.55. The van der Waals surface area contributed by atoms with Crippen LogP contribution in [0, 0.1) is 12.7 Å². The number of hydrogen-bond donors (Lipinski definition) is 2. The van der Waals surface area contributed by atoms with Crippen LogP contribution in [-0.4, -0.2) is 19.9 Å². The molecule has 6 nitrogen and oxygen atoms in total. The summed E-state index contributed by atoms with van der Waals surface area (Å²) in [5.41, 5.74) is -0.271. The van der Waals surface area contributed by atoms with Crippen molar-refractivity contribution in [2.75, 3.05) is 0 Å². The predicted molar refractivity (Wildman–Crippen MR) is 96.8 cm³/mol. The fourth-order valence-corrected chi connectivity index (χ4v) is 3.12. The van der Waals surface area contributed by atoms with E-state index in [4.69, 9.17) is 11.6 Å². The third-order valence-corrected chi connectivity index (χ3v) is 4.41. The lowest BCUT2D eigenvalue weighted by Crippen LogP contribution is -2.26. The van der Waals surface area contributed by atoms with Gasteiger partial charge in [0.2, 0.25) is 5.43 Å². The molecule has 8 heteroatoms. The van der Waals surface area contributed by atoms with Gasteiger partial charge >= 0.3 is 0 Å². The fraction of sp³-hybridized carbons (Fsp3) is 0.0556. The lowest BCUT2D eigenvalue weighted by molar-refractivity contribution is 0.443. The van der Waals surface area contributed by atoms with Crippen molar-refractivity contribution in [3.8, 4) is 11.6 Å². The summed E-state index contributed by atoms with van der Waals surface area (Å²) < 4.78 is 14.2. The minimum atomic E-state index is -0.717. The van der Waals surface area contributed by atoms with Gasteiger partial charge in [-0.15, -0.1) is 5.10 Å². The van der Waals surface area contributed by atoms with Crippen molar-refractivity contribution < 1.29 is 9.50 Å². The molecule has 0 radical (unpaired) electrons. The van der Waals surface area contributed by atoms with Gasteiger partial charge in [-0.1, -0.05) is 11.6 Å². The maximum atomic E-state index is 13.3. The SMILES string of the molecule is Cc1cc(F)ccc1-n1nc(O)c2[nH]c3cc(Cl)ccc3c(=O)c2c1=O. The molecule has 130 valence electrons. The Labute approximate surface area is 150 Å². The summed E-state index contributed by atoms with van der Waals surface area (Å²) >= 11 is 5.93. The van der Waals surface area contributed by atoms with E-state index in [0.717, 1.165) is 4.68 Å². The zero-order valence-electron chi connectivity index (χ0n) is 13.4. The van der Waals surface area contributed by atoms with E-state index in [1.165, 1.54) is 36.4 Å². The molecule has 2 aromatic heterocycles. The first-order valence-electron chi connectivity index (χ1n) is 7.61. The highest BCUT2D eigenvalue weighted by Crippen LogP contribution is 2.22. The van der Waals surface area contributed by atoms with Crippen molar-refractivity contribution in [1.29, 1.82) is 0 Å². The van der Waals surface area contributed by atoms with E-state index >= 15 is 0 Å². The average molecular weight is 372 g/mol. The number of halogens is 2. The number of nitrogens with one attached hydrogen (secondary N) is 1. The van der Waals surface area contributed by atoms with Crippen molar-refractivity contribution in [1.82, 2.24) is 14.8 Å². The van der Waals surface area contributed by atoms with Crippen LogP contribution in [0.15, 0.2) is 46.0 Å². The molecular weight excluding hydrogens is 361 g/mol. The molecule has 2 aromatic carbocycles. The summed E-state index contributed by atoms with van der Waals surface area (Å²) in [4.78, 5) is 28.6. The quantitative estimate of drug-likeness (QED) is 0.503. The van der Waals surface area contributed by atoms with Gasteiger partial charge in [-0.25, -0.2) is 4.39 Å². The Morgan fingerprint density at radius 3 is 2.69 bits per heavy atom. The molecule has 0 bridgehead atoms. The highest BCUT2D eigenvalue weighted by atomic mass is 35.5. The highest BCUT2D eigenvalue weighted by molar-refractivity contribution is 6.31. The predicted octanol–water partition coefficient (Wildman–Crippen LogP) is 3.03. The number of H-pyrrole nitrogens is 1. The van der Waals surface area contributed by atoms with Gasteiger partial charge in [0, 0.05) is 10.4 Å². The lowest BCUT2D eigenvalue weighted by atomic mass is 10.1. The first-order valence-corrected chi connectivity index (χ1v) is 7.98. The van der Waals surface area contributed by atoms with Crippen LogP contribution in [0.2, 0.25) is 5.02 Å². The molecule has 0 spiro atoms. The third-order valence-electron chi connectivity index (χ3n) is 4.17. The number of aromatic hydroxyl groups is 1. The van der Waals surface area contributed by atoms with Gasteiger partial charge < -0.3 is 10.1 Å². The Morgan fingerprint density at radius 2 is 1.96 bits per heavy atom. The highest BCUT2D eigenvalue weighted by Gasteiger charge is 2.18. The molecule has 2 N–H and O–H groups in total. The minimum Gasteiger partial charge on any atom is -0.491 e. The second kappa shape index (κ2) is 5.67. The van der Waals surface area contributed by atoms with E-state index in [-0.39, 0.29) is 22.0 Å². The molecule has 0 saturated heterocycles. The van der Waals surface area contributed by atoms with E-state index in [9.17, 15) is 19.1 Å². The van der Waals surface area contributed by atoms with Gasteiger partial charge in [0.15, 0.2) is 0 Å². The normalized spacial score (nSPS) is 11.3. The van der Waals surface area contributed by atoms with Gasteiger partial charge in [0.1, 0.15) is 16.7 Å². The molecular formula is C18H11ClFN3O3. The van der Waals surface area contributed by atoms with Gasteiger partial charge in [0.05, 0.1) is 11.2 Å². The smallest absolute Gasteiger partial charge is 0.285 e. The van der Waals surface area contributed by atoms with Crippen LogP contribution in [0.3, 0.4) is 0 Å². The zero-order valence-corrected chi connectivity index (χ0v) is 14.1. The van der Waals surface area contributed by atoms with Crippen LogP contribution in [0.1, 0.15) is 5.56 Å². The Morgan fingerprint density at radius 1 is 1.19 bits per heavy atom. The molecule has 4 rings (SSSR count). The zero-order chi connectivity index (χ0) is 18.6. The van der Waals surface area contributed by atoms with Crippen molar-refractivity contribution in [3.05, 3.63) is 73.4 Å². The summed E-state index contributed by atoms with van der Waals surface area (Å²) in [5, 5.41) is 14.6. The molecule has 0 aliphatic rings. The van der Waals surface area contributed by atoms with Crippen LogP contribution >= 0.6 is 11.6 Å². The number of aryl methyl sites for hydroxylation is 1. The Bertz CT molecular complexity index is 1330. The first-order chi connectivity index (χ1) is 12.4. The molecule has 4 aromatic rings. The molecule has 0 unspecified atom stereocenters. The van der Waals surface area contributed by atoms with E-state index in [2.05, 4.69) is 10.1 Å². The second-order valence-electron chi connectivity index (χ2n) is 5.87. The van der Waals surface area contributed by atoms with Crippen molar-refractivity contribution in [2.24, 2.45) is 0 Å². The molecule has 0 saturated carbocycles. The lowest BCUT2D eigenvalue weighted by Gasteiger charge is -2.11. The van der Waals surface area contributed by atoms with Crippen molar-refractivity contribution in [2.45, 2.75) is 6.92 Å². The number of nitrogens with zero attached hydrogens (tertiary/aromatic N) is 2. The average Bonchev–Trinajstić information content (AvgIpc) is 2.58. The molecule has 26 heavy (non-hydrogen) atoms. The summed E-state index contributed by atoms with van der Waals surface area (Å²) in [6.45, 7) is 1.60. The van der Waals surface area contributed by atoms with Crippen molar-refractivity contribution >= 4 is 33.4 Å². The monoisotopic (exact) mass is 371 g/mol. The van der Waals surface area contributed by atoms with Crippen LogP contribution in [0.5, 0.6) is 5.88 Å². The largest absolute Gasteiger partial charge is 0.491 e. The number of pyridine rings is 1. The molecule has 0 amide bonds. The minimum absolute atomic E-state index is 0.0780. The molecule has 0 fully saturated rings. The summed E-state index contributed by atoms with van der Waals surface area (Å²) in [6.07, 6.45) is 0. The van der Waals surface area contributed by atoms with Crippen LogP contribution in [-0.2, 0) is 0 Å². The van der Waals surface area contributed by atoms with E-state index < -0.39 is 22.7 Å². The first kappa shape index (κ1) is 16.3. The topological polar surface area (TPSA) is 88.0 Å². The summed E-state index contributed by atoms with van der Waals surface area (Å²) in [6, 6.07) is 8.32. The standard InChI is InChI=1S/C18H11ClFN3O3/c1-8-6-10(20)3-5-13(8)23-18(26)14-15(17(25)22-23)21-12-7-9(19)2-4-11(12)16(14)24/h2-7H,1H3,(H,21,24)(H,22,25). The number of rotatable bonds is 1. The molecule has 0 aliphatic heterocycles. The van der Waals surface area contributed by atoms with E-state index in [0.29, 0.717) is 16.1 Å². The maximum Gasteiger partial charge on any atom is 0.285 e. The van der Waals surface area contributed by atoms with Gasteiger partial charge in [0.25, 0.3) is 11.4 Å². The van der Waals surface area contributed by atoms with Crippen molar-refractivity contribution in [3.63, 3.8) is 0 Å². The number of fused-ring (bicyclic) bond motifs is 2. The Hall–Kier alpha value is -3.19. The van der Waals surface area contributed by atoms with Gasteiger partial charge in [-0.3, -0.25) is 9.59 Å². The fourth-order valence-electron chi connectivity index (χ4n) is 2.95. The maximum absolute atomic E-state index is 13.3. The number of benzene rings is 2. The van der Waals surface area contributed by atoms with Crippen LogP contribution < -0.4 is 11.0 Å². The van der Waals surface area contributed by atoms with E-state index in [1.54, 1.807) is 6.92 Å². The summed E-state index contributed by atoms with van der Waals surface area (Å²) in [7, 11) is 0. The van der Waals surface area contributed by atoms with Crippen LogP contribution in [0.4, 0.5) is 4.39 Å².